The van der Waals surface area contributed by atoms with E-state index in [0.29, 0.717) is 6.42 Å². The van der Waals surface area contributed by atoms with Crippen molar-refractivity contribution < 1.29 is 14.7 Å². The van der Waals surface area contributed by atoms with Crippen molar-refractivity contribution in [3.63, 3.8) is 0 Å². The van der Waals surface area contributed by atoms with Crippen LogP contribution >= 0.6 is 23.2 Å². The quantitative estimate of drug-likeness (QED) is 0.641. The van der Waals surface area contributed by atoms with Crippen molar-refractivity contribution in [3.05, 3.63) is 27.7 Å². The number of carbonyl (C=O) groups is 1. The monoisotopic (exact) mass is 277 g/mol. The molecule has 0 aliphatic heterocycles. The van der Waals surface area contributed by atoms with Crippen molar-refractivity contribution in [3.8, 4) is 5.75 Å². The van der Waals surface area contributed by atoms with Gasteiger partial charge in [-0.15, -0.1) is 0 Å². The van der Waals surface area contributed by atoms with Crippen LogP contribution in [-0.4, -0.2) is 11.1 Å². The van der Waals surface area contributed by atoms with Crippen molar-refractivity contribution in [2.75, 3.05) is 0 Å². The van der Waals surface area contributed by atoms with Gasteiger partial charge >= 0.3 is 5.97 Å². The van der Waals surface area contributed by atoms with Crippen molar-refractivity contribution >= 4 is 29.2 Å². The summed E-state index contributed by atoms with van der Waals surface area (Å²) >= 11 is 11.6. The lowest BCUT2D eigenvalue weighted by molar-refractivity contribution is -0.144. The van der Waals surface area contributed by atoms with Gasteiger partial charge < -0.3 is 9.94 Å². The van der Waals surface area contributed by atoms with Gasteiger partial charge in [-0.1, -0.05) is 23.2 Å². The average molecular weight is 278 g/mol. The lowest BCUT2D eigenvalue weighted by Gasteiger charge is -2.05. The number of carbonyl (C=O) groups excluding carboxylic acids is 1. The number of phenolic OH excluding ortho intramolecular Hbond substituents is 1. The van der Waals surface area contributed by atoms with Gasteiger partial charge in [0.25, 0.3) is 0 Å². The molecule has 0 aliphatic rings. The van der Waals surface area contributed by atoms with E-state index in [1.54, 1.807) is 12.1 Å². The zero-order valence-corrected chi connectivity index (χ0v) is 10.6. The molecular weight excluding hydrogens is 265 g/mol. The molecule has 1 aromatic rings. The summed E-state index contributed by atoms with van der Waals surface area (Å²) in [5, 5.41) is 9.83. The molecule has 17 heavy (non-hydrogen) atoms. The van der Waals surface area contributed by atoms with Crippen LogP contribution in [0.2, 0.25) is 10.0 Å². The maximum Gasteiger partial charge on any atom is 0.324 e. The number of benzene rings is 1. The molecular formula is C11H13Cl2NO3. The minimum Gasteiger partial charge on any atom is -0.505 e. The highest BCUT2D eigenvalue weighted by Gasteiger charge is 2.07. The van der Waals surface area contributed by atoms with E-state index in [9.17, 15) is 9.90 Å². The number of rotatable bonds is 5. The van der Waals surface area contributed by atoms with E-state index < -0.39 is 5.97 Å². The summed E-state index contributed by atoms with van der Waals surface area (Å²) in [6, 6.07) is 3.31. The molecule has 0 heterocycles. The van der Waals surface area contributed by atoms with Gasteiger partial charge in [-0.25, -0.2) is 0 Å². The SMILES string of the molecule is NOC(=O)CCCCc1cc(Cl)c(O)c(Cl)c1. The van der Waals surface area contributed by atoms with Crippen molar-refractivity contribution in [2.45, 2.75) is 25.7 Å². The highest BCUT2D eigenvalue weighted by atomic mass is 35.5. The Morgan fingerprint density at radius 3 is 2.41 bits per heavy atom. The number of nitrogens with two attached hydrogens (primary N) is 1. The Kier molecular flexibility index (Phi) is 5.55. The van der Waals surface area contributed by atoms with Crippen molar-refractivity contribution in [1.29, 1.82) is 0 Å². The molecule has 0 bridgehead atoms. The second-order valence-corrected chi connectivity index (χ2v) is 4.42. The first-order valence-corrected chi connectivity index (χ1v) is 5.86. The lowest BCUT2D eigenvalue weighted by atomic mass is 10.1. The normalized spacial score (nSPS) is 10.3. The van der Waals surface area contributed by atoms with E-state index in [0.717, 1.165) is 18.4 Å². The largest absolute Gasteiger partial charge is 0.505 e. The maximum atomic E-state index is 10.8. The first-order chi connectivity index (χ1) is 8.04. The molecule has 0 atom stereocenters. The number of halogens is 2. The molecule has 0 amide bonds. The predicted octanol–water partition coefficient (Wildman–Crippen LogP) is 2.83. The Bertz CT molecular complexity index is 387. The predicted molar refractivity (Wildman–Crippen MR) is 66.0 cm³/mol. The highest BCUT2D eigenvalue weighted by Crippen LogP contribution is 2.33. The zero-order valence-electron chi connectivity index (χ0n) is 9.08. The van der Waals surface area contributed by atoms with Gasteiger partial charge in [0.15, 0.2) is 5.75 Å². The van der Waals surface area contributed by atoms with Crippen LogP contribution in [0.15, 0.2) is 12.1 Å². The number of aromatic hydroxyl groups is 1. The van der Waals surface area contributed by atoms with E-state index in [1.807, 2.05) is 0 Å². The maximum absolute atomic E-state index is 10.8. The van der Waals surface area contributed by atoms with Crippen LogP contribution in [-0.2, 0) is 16.1 Å². The molecule has 4 nitrogen and oxygen atoms in total. The van der Waals surface area contributed by atoms with E-state index in [1.165, 1.54) is 0 Å². The highest BCUT2D eigenvalue weighted by molar-refractivity contribution is 6.37. The summed E-state index contributed by atoms with van der Waals surface area (Å²) in [6.07, 6.45) is 2.46. The van der Waals surface area contributed by atoms with E-state index in [-0.39, 0.29) is 22.2 Å². The summed E-state index contributed by atoms with van der Waals surface area (Å²) < 4.78 is 0. The standard InChI is InChI=1S/C11H13Cl2NO3/c12-8-5-7(6-9(13)11(8)16)3-1-2-4-10(15)17-14/h5-6,16H,1-4,14H2. The van der Waals surface area contributed by atoms with E-state index >= 15 is 0 Å². The molecule has 1 aromatic carbocycles. The van der Waals surface area contributed by atoms with Crippen LogP contribution in [0.25, 0.3) is 0 Å². The summed E-state index contributed by atoms with van der Waals surface area (Å²) in [6.45, 7) is 0. The lowest BCUT2D eigenvalue weighted by Crippen LogP contribution is -2.09. The first kappa shape index (κ1) is 14.1. The van der Waals surface area contributed by atoms with Crippen LogP contribution in [0.4, 0.5) is 0 Å². The molecule has 3 N–H and O–H groups in total. The fraction of sp³-hybridized carbons (Fsp3) is 0.364. The molecule has 0 saturated heterocycles. The average Bonchev–Trinajstić information content (AvgIpc) is 2.31. The molecule has 0 spiro atoms. The zero-order chi connectivity index (χ0) is 12.8. The fourth-order valence-corrected chi connectivity index (χ4v) is 1.95. The van der Waals surface area contributed by atoms with E-state index in [2.05, 4.69) is 4.84 Å². The first-order valence-electron chi connectivity index (χ1n) is 5.11. The Morgan fingerprint density at radius 2 is 1.88 bits per heavy atom. The third-order valence-electron chi connectivity index (χ3n) is 2.30. The molecule has 0 radical (unpaired) electrons. The second-order valence-electron chi connectivity index (χ2n) is 3.61. The number of unbranched alkanes of at least 4 members (excludes halogenated alkanes) is 1. The van der Waals surface area contributed by atoms with E-state index in [4.69, 9.17) is 29.1 Å². The summed E-state index contributed by atoms with van der Waals surface area (Å²) in [4.78, 5) is 14.8. The molecule has 94 valence electrons. The Morgan fingerprint density at radius 1 is 1.29 bits per heavy atom. The van der Waals surface area contributed by atoms with Gasteiger partial charge in [-0.3, -0.25) is 4.79 Å². The molecule has 6 heteroatoms. The van der Waals surface area contributed by atoms with Crippen molar-refractivity contribution in [2.24, 2.45) is 5.90 Å². The van der Waals surface area contributed by atoms with Crippen LogP contribution in [0.3, 0.4) is 0 Å². The summed E-state index contributed by atoms with van der Waals surface area (Å²) in [5.74, 6) is 4.18. The van der Waals surface area contributed by atoms with Gasteiger partial charge in [0.05, 0.1) is 10.0 Å². The third-order valence-corrected chi connectivity index (χ3v) is 2.88. The summed E-state index contributed by atoms with van der Waals surface area (Å²) in [7, 11) is 0. The number of phenols is 1. The minimum atomic E-state index is -0.424. The number of aryl methyl sites for hydroxylation is 1. The third kappa shape index (κ3) is 4.42. The van der Waals surface area contributed by atoms with Crippen LogP contribution in [0.5, 0.6) is 5.75 Å². The second kappa shape index (κ2) is 6.69. The van der Waals surface area contributed by atoms with Crippen LogP contribution in [0.1, 0.15) is 24.8 Å². The van der Waals surface area contributed by atoms with Crippen LogP contribution < -0.4 is 5.90 Å². The van der Waals surface area contributed by atoms with Gasteiger partial charge in [-0.05, 0) is 37.0 Å². The topological polar surface area (TPSA) is 72.5 Å². The number of hydrogen-bond acceptors (Lipinski definition) is 4. The molecule has 0 saturated carbocycles. The molecule has 0 unspecified atom stereocenters. The van der Waals surface area contributed by atoms with Gasteiger partial charge in [0.2, 0.25) is 0 Å². The number of hydrogen-bond donors (Lipinski definition) is 2. The van der Waals surface area contributed by atoms with Gasteiger partial charge in [-0.2, -0.15) is 5.90 Å². The smallest absolute Gasteiger partial charge is 0.324 e. The van der Waals surface area contributed by atoms with Gasteiger partial charge in [0, 0.05) is 6.42 Å². The van der Waals surface area contributed by atoms with Gasteiger partial charge in [0.1, 0.15) is 0 Å². The molecule has 0 aliphatic carbocycles. The fourth-order valence-electron chi connectivity index (χ4n) is 1.42. The minimum absolute atomic E-state index is 0.108. The Hall–Kier alpha value is -0.970. The molecule has 0 fully saturated rings. The summed E-state index contributed by atoms with van der Waals surface area (Å²) in [5.41, 5.74) is 0.916. The Balaban J connectivity index is 2.45. The Labute approximate surface area is 109 Å². The van der Waals surface area contributed by atoms with Crippen LogP contribution in [0, 0.1) is 0 Å². The van der Waals surface area contributed by atoms with Crippen molar-refractivity contribution in [1.82, 2.24) is 0 Å². The molecule has 1 rings (SSSR count). The molecule has 0 aromatic heterocycles.